The minimum Gasteiger partial charge on any atom is -0.481 e. The SMILES string of the molecule is O=C(O)CC[C@H](NC(=O)c1cc(OCC(=O)N2C[C@H](O)C[C@H]2C(=O)O)n(-c2ccccc2)n1)C(=O)N1CCN(C(=O)O)CC1. The Hall–Kier alpha value is -5.19. The van der Waals surface area contributed by atoms with E-state index in [1.165, 1.54) is 15.6 Å². The molecule has 0 unspecified atom stereocenters. The summed E-state index contributed by atoms with van der Waals surface area (Å²) in [6.45, 7) is -0.553. The smallest absolute Gasteiger partial charge is 0.407 e. The second-order valence-electron chi connectivity index (χ2n) is 10.2. The number of hydrogen-bond acceptors (Lipinski definition) is 9. The topological polar surface area (TPSA) is 232 Å². The maximum absolute atomic E-state index is 13.3. The fraction of sp³-hybridized carbons (Fsp3) is 0.444. The molecule has 2 aromatic rings. The number of carboxylic acid groups (broad SMARTS) is 3. The summed E-state index contributed by atoms with van der Waals surface area (Å²) < 4.78 is 6.90. The number of carbonyl (C=O) groups is 6. The van der Waals surface area contributed by atoms with Crippen molar-refractivity contribution in [3.8, 4) is 11.6 Å². The number of nitrogens with zero attached hydrogens (tertiary/aromatic N) is 5. The summed E-state index contributed by atoms with van der Waals surface area (Å²) >= 11 is 0. The van der Waals surface area contributed by atoms with Crippen LogP contribution in [0.25, 0.3) is 5.69 Å². The lowest BCUT2D eigenvalue weighted by atomic mass is 10.1. The van der Waals surface area contributed by atoms with Gasteiger partial charge in [0.05, 0.1) is 11.8 Å². The van der Waals surface area contributed by atoms with E-state index in [-0.39, 0.29) is 57.1 Å². The van der Waals surface area contributed by atoms with Crippen molar-refractivity contribution in [2.75, 3.05) is 39.3 Å². The number of nitrogens with one attached hydrogen (secondary N) is 1. The van der Waals surface area contributed by atoms with Crippen molar-refractivity contribution in [2.24, 2.45) is 0 Å². The summed E-state index contributed by atoms with van der Waals surface area (Å²) in [5.74, 6) is -4.62. The third-order valence-electron chi connectivity index (χ3n) is 7.25. The number of ether oxygens (including phenoxy) is 1. The van der Waals surface area contributed by atoms with Gasteiger partial charge in [0.1, 0.15) is 12.1 Å². The van der Waals surface area contributed by atoms with E-state index in [4.69, 9.17) is 9.84 Å². The molecule has 0 aliphatic carbocycles. The Bertz CT molecular complexity index is 1410. The van der Waals surface area contributed by atoms with Gasteiger partial charge in [0.15, 0.2) is 12.3 Å². The number of likely N-dealkylation sites (tertiary alicyclic amines) is 1. The summed E-state index contributed by atoms with van der Waals surface area (Å²) in [6, 6.07) is 7.18. The second kappa shape index (κ2) is 13.9. The van der Waals surface area contributed by atoms with E-state index >= 15 is 0 Å². The molecular formula is C27H32N6O11. The molecule has 2 aliphatic heterocycles. The standard InChI is InChI=1S/C27H32N6O11/c34-17-12-20(26(40)41)32(14-17)21(35)15-44-22-13-19(29-33(22)16-4-2-1-3-5-16)24(38)28-18(6-7-23(36)37)25(39)30-8-10-31(11-9-30)27(42)43/h1-5,13,17-18,20,34H,6-12,14-15H2,(H,28,38)(H,36,37)(H,40,41)(H,42,43)/t17-,18+,20+/m1/s1. The molecule has 17 heteroatoms. The van der Waals surface area contributed by atoms with Crippen molar-refractivity contribution < 1.29 is 53.9 Å². The van der Waals surface area contributed by atoms with Gasteiger partial charge in [0, 0.05) is 51.6 Å². The normalized spacial score (nSPS) is 18.9. The lowest BCUT2D eigenvalue weighted by Crippen LogP contribution is -2.55. The maximum atomic E-state index is 13.3. The Balaban J connectivity index is 1.52. The molecule has 1 aromatic carbocycles. The lowest BCUT2D eigenvalue weighted by molar-refractivity contribution is -0.149. The quantitative estimate of drug-likeness (QED) is 0.206. The predicted octanol–water partition coefficient (Wildman–Crippen LogP) is -0.917. The van der Waals surface area contributed by atoms with E-state index < -0.39 is 67.0 Å². The molecule has 4 rings (SSSR count). The first-order valence-corrected chi connectivity index (χ1v) is 13.7. The van der Waals surface area contributed by atoms with E-state index in [1.54, 1.807) is 30.3 Å². The molecule has 236 valence electrons. The highest BCUT2D eigenvalue weighted by molar-refractivity contribution is 5.96. The van der Waals surface area contributed by atoms with Gasteiger partial charge in [0.25, 0.3) is 11.8 Å². The summed E-state index contributed by atoms with van der Waals surface area (Å²) in [7, 11) is 0. The molecular weight excluding hydrogens is 584 g/mol. The van der Waals surface area contributed by atoms with Crippen LogP contribution in [-0.4, -0.2) is 138 Å². The number of aliphatic carboxylic acids is 2. The lowest BCUT2D eigenvalue weighted by Gasteiger charge is -2.35. The average molecular weight is 617 g/mol. The molecule has 2 fully saturated rings. The average Bonchev–Trinajstić information content (AvgIpc) is 3.62. The van der Waals surface area contributed by atoms with E-state index in [0.717, 1.165) is 9.80 Å². The van der Waals surface area contributed by atoms with Crippen LogP contribution in [0.4, 0.5) is 4.79 Å². The van der Waals surface area contributed by atoms with Crippen molar-refractivity contribution in [3.05, 3.63) is 42.1 Å². The molecule has 17 nitrogen and oxygen atoms in total. The molecule has 3 atom stereocenters. The zero-order chi connectivity index (χ0) is 32.0. The largest absolute Gasteiger partial charge is 0.481 e. The molecule has 44 heavy (non-hydrogen) atoms. The van der Waals surface area contributed by atoms with Crippen LogP contribution in [0, 0.1) is 0 Å². The number of aromatic nitrogens is 2. The molecule has 5 N–H and O–H groups in total. The van der Waals surface area contributed by atoms with E-state index in [2.05, 4.69) is 10.4 Å². The molecule has 4 amide bonds. The fourth-order valence-corrected chi connectivity index (χ4v) is 4.97. The molecule has 2 saturated heterocycles. The molecule has 0 bridgehead atoms. The maximum Gasteiger partial charge on any atom is 0.407 e. The predicted molar refractivity (Wildman–Crippen MR) is 147 cm³/mol. The first-order valence-electron chi connectivity index (χ1n) is 13.7. The Morgan fingerprint density at radius 2 is 1.64 bits per heavy atom. The Morgan fingerprint density at radius 1 is 0.977 bits per heavy atom. The zero-order valence-electron chi connectivity index (χ0n) is 23.4. The number of benzene rings is 1. The number of piperazine rings is 1. The van der Waals surface area contributed by atoms with E-state index in [1.807, 2.05) is 0 Å². The molecule has 2 aliphatic rings. The van der Waals surface area contributed by atoms with Crippen LogP contribution >= 0.6 is 0 Å². The first kappa shape index (κ1) is 31.7. The number of carboxylic acids is 2. The summed E-state index contributed by atoms with van der Waals surface area (Å²) in [4.78, 5) is 76.9. The van der Waals surface area contributed by atoms with Gasteiger partial charge in [-0.05, 0) is 18.6 Å². The van der Waals surface area contributed by atoms with Crippen molar-refractivity contribution in [1.82, 2.24) is 29.8 Å². The van der Waals surface area contributed by atoms with Gasteiger partial charge in [0.2, 0.25) is 11.8 Å². The number of β-amino-alcohol motifs (C(OH)–C–C–N with tert-alkyl or cyclic N) is 1. The van der Waals surface area contributed by atoms with Crippen LogP contribution in [0.2, 0.25) is 0 Å². The van der Waals surface area contributed by atoms with Crippen LogP contribution in [0.1, 0.15) is 29.8 Å². The van der Waals surface area contributed by atoms with Gasteiger partial charge >= 0.3 is 18.0 Å². The van der Waals surface area contributed by atoms with Crippen LogP contribution in [-0.2, 0) is 19.2 Å². The first-order chi connectivity index (χ1) is 20.9. The van der Waals surface area contributed by atoms with Gasteiger partial charge in [-0.1, -0.05) is 18.2 Å². The van der Waals surface area contributed by atoms with E-state index in [0.29, 0.717) is 5.69 Å². The highest BCUT2D eigenvalue weighted by atomic mass is 16.5. The summed E-state index contributed by atoms with van der Waals surface area (Å²) in [5, 5.41) is 44.4. The van der Waals surface area contributed by atoms with Gasteiger partial charge < -0.3 is 45.2 Å². The minimum atomic E-state index is -1.26. The number of amides is 4. The number of aliphatic hydroxyl groups excluding tert-OH is 1. The minimum absolute atomic E-state index is 0.0560. The number of rotatable bonds is 11. The van der Waals surface area contributed by atoms with Gasteiger partial charge in [-0.2, -0.15) is 5.10 Å². The Labute approximate surface area is 250 Å². The van der Waals surface area contributed by atoms with Crippen molar-refractivity contribution >= 4 is 35.8 Å². The monoisotopic (exact) mass is 616 g/mol. The van der Waals surface area contributed by atoms with Crippen LogP contribution in [0.5, 0.6) is 5.88 Å². The number of para-hydroxylation sites is 1. The molecule has 3 heterocycles. The van der Waals surface area contributed by atoms with Crippen LogP contribution in [0.3, 0.4) is 0 Å². The van der Waals surface area contributed by atoms with Crippen molar-refractivity contribution in [3.63, 3.8) is 0 Å². The van der Waals surface area contributed by atoms with Crippen molar-refractivity contribution in [2.45, 2.75) is 37.5 Å². The highest BCUT2D eigenvalue weighted by Crippen LogP contribution is 2.22. The molecule has 0 saturated carbocycles. The van der Waals surface area contributed by atoms with Crippen LogP contribution in [0.15, 0.2) is 36.4 Å². The summed E-state index contributed by atoms with van der Waals surface area (Å²) in [5.41, 5.74) is 0.226. The Morgan fingerprint density at radius 3 is 2.25 bits per heavy atom. The number of carbonyl (C=O) groups excluding carboxylic acids is 3. The Kier molecular flexibility index (Phi) is 9.99. The molecule has 1 aromatic heterocycles. The fourth-order valence-electron chi connectivity index (χ4n) is 4.97. The summed E-state index contributed by atoms with van der Waals surface area (Å²) in [6.07, 6.45) is -2.90. The van der Waals surface area contributed by atoms with E-state index in [9.17, 15) is 44.1 Å². The zero-order valence-corrected chi connectivity index (χ0v) is 23.4. The molecule has 0 radical (unpaired) electrons. The van der Waals surface area contributed by atoms with Gasteiger partial charge in [-0.25, -0.2) is 14.3 Å². The van der Waals surface area contributed by atoms with Gasteiger partial charge in [-0.3, -0.25) is 19.2 Å². The third-order valence-corrected chi connectivity index (χ3v) is 7.25. The molecule has 0 spiro atoms. The second-order valence-corrected chi connectivity index (χ2v) is 10.2. The van der Waals surface area contributed by atoms with Crippen LogP contribution < -0.4 is 10.1 Å². The van der Waals surface area contributed by atoms with Gasteiger partial charge in [-0.15, -0.1) is 0 Å². The number of aliphatic hydroxyl groups is 1. The third kappa shape index (κ3) is 7.60. The number of hydrogen-bond donors (Lipinski definition) is 5. The highest BCUT2D eigenvalue weighted by Gasteiger charge is 2.39. The van der Waals surface area contributed by atoms with Crippen molar-refractivity contribution in [1.29, 1.82) is 0 Å².